The zero-order valence-electron chi connectivity index (χ0n) is 17.3. The fourth-order valence-electron chi connectivity index (χ4n) is 4.04. The topological polar surface area (TPSA) is 107 Å². The lowest BCUT2D eigenvalue weighted by Gasteiger charge is -2.22. The molecule has 2 heterocycles. The van der Waals surface area contributed by atoms with Crippen molar-refractivity contribution < 1.29 is 9.59 Å². The van der Waals surface area contributed by atoms with E-state index >= 15 is 0 Å². The number of nitrogens with one attached hydrogen (secondary N) is 1. The van der Waals surface area contributed by atoms with Crippen LogP contribution in [0.2, 0.25) is 0 Å². The van der Waals surface area contributed by atoms with Crippen molar-refractivity contribution in [3.63, 3.8) is 0 Å². The van der Waals surface area contributed by atoms with Gasteiger partial charge in [0.2, 0.25) is 11.8 Å². The van der Waals surface area contributed by atoms with E-state index in [1.54, 1.807) is 4.57 Å². The lowest BCUT2D eigenvalue weighted by atomic mass is 9.95. The second kappa shape index (κ2) is 9.82. The van der Waals surface area contributed by atoms with Gasteiger partial charge in [-0.2, -0.15) is 0 Å². The van der Waals surface area contributed by atoms with E-state index in [1.807, 2.05) is 24.3 Å². The number of thiophene rings is 1. The van der Waals surface area contributed by atoms with Crippen LogP contribution in [0.3, 0.4) is 0 Å². The highest BCUT2D eigenvalue weighted by atomic mass is 32.2. The summed E-state index contributed by atoms with van der Waals surface area (Å²) in [6.45, 7) is 0.370. The summed E-state index contributed by atoms with van der Waals surface area (Å²) in [5, 5.41) is 4.51. The number of carbonyl (C=O) groups is 2. The van der Waals surface area contributed by atoms with Crippen molar-refractivity contribution in [2.45, 2.75) is 62.7 Å². The Morgan fingerprint density at radius 1 is 1.23 bits per heavy atom. The number of nitrogens with two attached hydrogens (primary N) is 1. The Labute approximate surface area is 188 Å². The summed E-state index contributed by atoms with van der Waals surface area (Å²) in [7, 11) is 0. The quantitative estimate of drug-likeness (QED) is 0.397. The number of rotatable bonds is 8. The highest BCUT2D eigenvalue weighted by Crippen LogP contribution is 2.31. The number of hydrogen-bond donors (Lipinski definition) is 2. The van der Waals surface area contributed by atoms with Gasteiger partial charge in [0.05, 0.1) is 11.3 Å². The predicted octanol–water partition coefficient (Wildman–Crippen LogP) is 3.42. The highest BCUT2D eigenvalue weighted by Gasteiger charge is 2.18. The molecule has 1 aliphatic carbocycles. The molecule has 2 aromatic heterocycles. The fraction of sp³-hybridized carbons (Fsp3) is 0.455. The molecule has 1 aromatic carbocycles. The van der Waals surface area contributed by atoms with Gasteiger partial charge in [-0.15, -0.1) is 11.3 Å². The minimum absolute atomic E-state index is 0.0298. The van der Waals surface area contributed by atoms with E-state index in [1.165, 1.54) is 30.6 Å². The lowest BCUT2D eigenvalue weighted by molar-refractivity contribution is -0.122. The Kier molecular flexibility index (Phi) is 6.92. The largest absolute Gasteiger partial charge is 0.369 e. The molecule has 0 unspecified atom stereocenters. The molecule has 0 bridgehead atoms. The molecule has 3 N–H and O–H groups in total. The molecule has 1 aliphatic rings. The van der Waals surface area contributed by atoms with Crippen molar-refractivity contribution in [2.24, 2.45) is 5.73 Å². The molecule has 31 heavy (non-hydrogen) atoms. The Hall–Kier alpha value is -2.39. The zero-order valence-corrected chi connectivity index (χ0v) is 18.9. The number of primary amides is 1. The van der Waals surface area contributed by atoms with Gasteiger partial charge in [0, 0.05) is 29.1 Å². The second-order valence-electron chi connectivity index (χ2n) is 7.89. The van der Waals surface area contributed by atoms with E-state index < -0.39 is 5.91 Å². The maximum absolute atomic E-state index is 13.3. The van der Waals surface area contributed by atoms with E-state index in [9.17, 15) is 14.4 Å². The van der Waals surface area contributed by atoms with E-state index in [-0.39, 0.29) is 23.3 Å². The standard InChI is InChI=1S/C22H26N4O3S2/c23-17(27)13-30-22-25-19-15-9-4-5-10-16(15)31-20(19)21(29)26(22)12-6-11-18(28)24-14-7-2-1-3-8-14/h4-5,9-10,14H,1-3,6-8,11-13H2,(H2,23,27)(H,24,28). The van der Waals surface area contributed by atoms with Gasteiger partial charge in [-0.05, 0) is 25.3 Å². The van der Waals surface area contributed by atoms with E-state index in [4.69, 9.17) is 10.7 Å². The third kappa shape index (κ3) is 5.10. The number of aromatic nitrogens is 2. The number of fused-ring (bicyclic) bond motifs is 3. The molecule has 0 spiro atoms. The van der Waals surface area contributed by atoms with Gasteiger partial charge in [0.15, 0.2) is 5.16 Å². The van der Waals surface area contributed by atoms with Crippen LogP contribution in [0.25, 0.3) is 20.3 Å². The average Bonchev–Trinajstić information content (AvgIpc) is 3.13. The van der Waals surface area contributed by atoms with E-state index in [0.29, 0.717) is 34.8 Å². The minimum Gasteiger partial charge on any atom is -0.369 e. The zero-order chi connectivity index (χ0) is 21.8. The summed E-state index contributed by atoms with van der Waals surface area (Å²) < 4.78 is 3.17. The average molecular weight is 459 g/mol. The predicted molar refractivity (Wildman–Crippen MR) is 126 cm³/mol. The third-order valence-corrected chi connectivity index (χ3v) is 7.69. The molecule has 1 fully saturated rings. The van der Waals surface area contributed by atoms with Gasteiger partial charge < -0.3 is 11.1 Å². The van der Waals surface area contributed by atoms with Crippen LogP contribution in [0, 0.1) is 0 Å². The molecule has 3 aromatic rings. The van der Waals surface area contributed by atoms with Gasteiger partial charge in [-0.25, -0.2) is 4.98 Å². The van der Waals surface area contributed by atoms with Crippen LogP contribution in [0.5, 0.6) is 0 Å². The molecule has 164 valence electrons. The van der Waals surface area contributed by atoms with Gasteiger partial charge in [-0.1, -0.05) is 49.2 Å². The first kappa shape index (κ1) is 21.8. The molecular weight excluding hydrogens is 432 g/mol. The fourth-order valence-corrected chi connectivity index (χ4v) is 5.89. The number of amides is 2. The van der Waals surface area contributed by atoms with Crippen LogP contribution in [0.15, 0.2) is 34.2 Å². The maximum Gasteiger partial charge on any atom is 0.272 e. The highest BCUT2D eigenvalue weighted by molar-refractivity contribution is 7.99. The first-order valence-corrected chi connectivity index (χ1v) is 12.5. The number of hydrogen-bond acceptors (Lipinski definition) is 6. The molecule has 0 saturated heterocycles. The maximum atomic E-state index is 13.3. The van der Waals surface area contributed by atoms with E-state index in [0.717, 1.165) is 34.7 Å². The first-order chi connectivity index (χ1) is 15.0. The number of thioether (sulfide) groups is 1. The Morgan fingerprint density at radius 2 is 2.00 bits per heavy atom. The Bertz CT molecular complexity index is 1160. The molecule has 0 aliphatic heterocycles. The first-order valence-electron chi connectivity index (χ1n) is 10.7. The van der Waals surface area contributed by atoms with Gasteiger partial charge >= 0.3 is 0 Å². The summed E-state index contributed by atoms with van der Waals surface area (Å²) in [4.78, 5) is 41.6. The second-order valence-corrected chi connectivity index (χ2v) is 9.88. The normalized spacial score (nSPS) is 14.8. The Balaban J connectivity index is 1.54. The summed E-state index contributed by atoms with van der Waals surface area (Å²) >= 11 is 2.59. The van der Waals surface area contributed by atoms with Crippen molar-refractivity contribution in [1.82, 2.24) is 14.9 Å². The molecular formula is C22H26N4O3S2. The summed E-state index contributed by atoms with van der Waals surface area (Å²) in [6.07, 6.45) is 6.56. The van der Waals surface area contributed by atoms with Crippen LogP contribution >= 0.6 is 23.1 Å². The summed E-state index contributed by atoms with van der Waals surface area (Å²) in [6, 6.07) is 8.05. The number of carbonyl (C=O) groups excluding carboxylic acids is 2. The van der Waals surface area contributed by atoms with Crippen molar-refractivity contribution in [2.75, 3.05) is 5.75 Å². The molecule has 4 rings (SSSR count). The Morgan fingerprint density at radius 3 is 2.77 bits per heavy atom. The summed E-state index contributed by atoms with van der Waals surface area (Å²) in [5.41, 5.74) is 5.84. The molecule has 1 saturated carbocycles. The van der Waals surface area contributed by atoms with Crippen molar-refractivity contribution >= 4 is 55.2 Å². The smallest absolute Gasteiger partial charge is 0.272 e. The third-order valence-electron chi connectivity index (χ3n) is 5.55. The van der Waals surface area contributed by atoms with Crippen LogP contribution in [-0.4, -0.2) is 33.2 Å². The van der Waals surface area contributed by atoms with E-state index in [2.05, 4.69) is 5.32 Å². The summed E-state index contributed by atoms with van der Waals surface area (Å²) in [5.74, 6) is -0.391. The molecule has 7 nitrogen and oxygen atoms in total. The van der Waals surface area contributed by atoms with Crippen LogP contribution in [0.4, 0.5) is 0 Å². The van der Waals surface area contributed by atoms with Crippen LogP contribution < -0.4 is 16.6 Å². The number of nitrogens with zero attached hydrogens (tertiary/aromatic N) is 2. The number of benzene rings is 1. The van der Waals surface area contributed by atoms with Crippen molar-refractivity contribution in [1.29, 1.82) is 0 Å². The van der Waals surface area contributed by atoms with Gasteiger partial charge in [0.25, 0.3) is 5.56 Å². The lowest BCUT2D eigenvalue weighted by Crippen LogP contribution is -2.36. The van der Waals surface area contributed by atoms with Crippen molar-refractivity contribution in [3.8, 4) is 0 Å². The monoisotopic (exact) mass is 458 g/mol. The molecule has 2 amide bonds. The molecule has 9 heteroatoms. The van der Waals surface area contributed by atoms with Gasteiger partial charge in [0.1, 0.15) is 4.70 Å². The van der Waals surface area contributed by atoms with Crippen LogP contribution in [-0.2, 0) is 16.1 Å². The van der Waals surface area contributed by atoms with Crippen LogP contribution in [0.1, 0.15) is 44.9 Å². The molecule has 0 radical (unpaired) electrons. The molecule has 0 atom stereocenters. The SMILES string of the molecule is NC(=O)CSc1nc2c(sc3ccccc32)c(=O)n1CCCC(=O)NC1CCCCC1. The van der Waals surface area contributed by atoms with Gasteiger partial charge in [-0.3, -0.25) is 19.0 Å². The minimum atomic E-state index is -0.465. The van der Waals surface area contributed by atoms with Crippen molar-refractivity contribution in [3.05, 3.63) is 34.6 Å².